The van der Waals surface area contributed by atoms with Crippen LogP contribution in [0.2, 0.25) is 0 Å². The summed E-state index contributed by atoms with van der Waals surface area (Å²) in [7, 11) is 0. The molecule has 1 aliphatic rings. The average molecular weight is 395 g/mol. The SMILES string of the molecule is Cc1cc(C)nc(OC2CCCN(C(=O)c3nc(-c4ccccc4)cs3)C2)n1. The van der Waals surface area contributed by atoms with Gasteiger partial charge in [-0.2, -0.15) is 0 Å². The molecule has 0 aliphatic carbocycles. The van der Waals surface area contributed by atoms with Gasteiger partial charge in [0.2, 0.25) is 0 Å². The number of rotatable bonds is 4. The summed E-state index contributed by atoms with van der Waals surface area (Å²) >= 11 is 1.39. The van der Waals surface area contributed by atoms with Gasteiger partial charge in [-0.15, -0.1) is 11.3 Å². The number of carbonyl (C=O) groups excluding carboxylic acids is 1. The van der Waals surface area contributed by atoms with Crippen molar-refractivity contribution in [3.05, 3.63) is 58.2 Å². The fourth-order valence-electron chi connectivity index (χ4n) is 3.36. The van der Waals surface area contributed by atoms with Crippen LogP contribution in [0.25, 0.3) is 11.3 Å². The quantitative estimate of drug-likeness (QED) is 0.671. The van der Waals surface area contributed by atoms with Crippen molar-refractivity contribution in [3.8, 4) is 17.3 Å². The van der Waals surface area contributed by atoms with E-state index in [-0.39, 0.29) is 12.0 Å². The number of ether oxygens (including phenoxy) is 1. The summed E-state index contributed by atoms with van der Waals surface area (Å²) in [6.45, 7) is 5.08. The Morgan fingerprint density at radius 2 is 1.89 bits per heavy atom. The molecule has 28 heavy (non-hydrogen) atoms. The molecule has 1 unspecified atom stereocenters. The molecule has 144 valence electrons. The Bertz CT molecular complexity index is 953. The molecule has 1 atom stereocenters. The van der Waals surface area contributed by atoms with Crippen LogP contribution in [0, 0.1) is 13.8 Å². The molecule has 1 aromatic carbocycles. The fourth-order valence-corrected chi connectivity index (χ4v) is 4.16. The minimum atomic E-state index is -0.104. The molecule has 0 saturated carbocycles. The molecule has 1 amide bonds. The largest absolute Gasteiger partial charge is 0.458 e. The normalized spacial score (nSPS) is 16.8. The van der Waals surface area contributed by atoms with Crippen LogP contribution >= 0.6 is 11.3 Å². The highest BCUT2D eigenvalue weighted by Gasteiger charge is 2.28. The first kappa shape index (κ1) is 18.6. The van der Waals surface area contributed by atoms with Crippen LogP contribution < -0.4 is 4.74 Å². The summed E-state index contributed by atoms with van der Waals surface area (Å²) < 4.78 is 5.97. The first-order chi connectivity index (χ1) is 13.6. The van der Waals surface area contributed by atoms with Crippen LogP contribution in [0.15, 0.2) is 41.8 Å². The van der Waals surface area contributed by atoms with E-state index < -0.39 is 0 Å². The maximum Gasteiger partial charge on any atom is 0.317 e. The number of aromatic nitrogens is 3. The van der Waals surface area contributed by atoms with Gasteiger partial charge in [0.25, 0.3) is 5.91 Å². The van der Waals surface area contributed by atoms with Gasteiger partial charge in [0, 0.05) is 28.9 Å². The Hall–Kier alpha value is -2.80. The average Bonchev–Trinajstić information content (AvgIpc) is 3.18. The number of piperidine rings is 1. The summed E-state index contributed by atoms with van der Waals surface area (Å²) in [6.07, 6.45) is 1.67. The Morgan fingerprint density at radius 3 is 2.64 bits per heavy atom. The lowest BCUT2D eigenvalue weighted by Crippen LogP contribution is -2.44. The minimum Gasteiger partial charge on any atom is -0.458 e. The molecular formula is C21H22N4O2S. The lowest BCUT2D eigenvalue weighted by molar-refractivity contribution is 0.0514. The van der Waals surface area contributed by atoms with E-state index in [9.17, 15) is 4.79 Å². The molecule has 7 heteroatoms. The van der Waals surface area contributed by atoms with Crippen LogP contribution in [0.1, 0.15) is 34.0 Å². The lowest BCUT2D eigenvalue weighted by atomic mass is 10.1. The van der Waals surface area contributed by atoms with Gasteiger partial charge in [-0.3, -0.25) is 4.79 Å². The molecule has 0 bridgehead atoms. The number of nitrogens with zero attached hydrogens (tertiary/aromatic N) is 4. The van der Waals surface area contributed by atoms with Crippen molar-refractivity contribution < 1.29 is 9.53 Å². The number of likely N-dealkylation sites (tertiary alicyclic amines) is 1. The van der Waals surface area contributed by atoms with Crippen molar-refractivity contribution in [1.82, 2.24) is 19.9 Å². The molecule has 2 aromatic heterocycles. The second kappa shape index (κ2) is 8.06. The number of hydrogen-bond donors (Lipinski definition) is 0. The van der Waals surface area contributed by atoms with Gasteiger partial charge in [0.1, 0.15) is 6.10 Å². The highest BCUT2D eigenvalue weighted by molar-refractivity contribution is 7.12. The van der Waals surface area contributed by atoms with Crippen molar-refractivity contribution >= 4 is 17.2 Å². The first-order valence-corrected chi connectivity index (χ1v) is 10.3. The smallest absolute Gasteiger partial charge is 0.317 e. The summed E-state index contributed by atoms with van der Waals surface area (Å²) in [4.78, 5) is 28.0. The third-order valence-corrected chi connectivity index (χ3v) is 5.49. The van der Waals surface area contributed by atoms with E-state index in [1.807, 2.05) is 60.5 Å². The van der Waals surface area contributed by atoms with Crippen LogP contribution in [0.3, 0.4) is 0 Å². The van der Waals surface area contributed by atoms with Gasteiger partial charge in [0.15, 0.2) is 5.01 Å². The Balaban J connectivity index is 1.44. The van der Waals surface area contributed by atoms with Crippen molar-refractivity contribution in [2.45, 2.75) is 32.8 Å². The lowest BCUT2D eigenvalue weighted by Gasteiger charge is -2.31. The maximum atomic E-state index is 12.9. The zero-order valence-electron chi connectivity index (χ0n) is 16.0. The van der Waals surface area contributed by atoms with Crippen molar-refractivity contribution in [2.75, 3.05) is 13.1 Å². The Morgan fingerprint density at radius 1 is 1.14 bits per heavy atom. The summed E-state index contributed by atoms with van der Waals surface area (Å²) in [6, 6.07) is 12.2. The number of thiazole rings is 1. The third-order valence-electron chi connectivity index (χ3n) is 4.66. The molecule has 0 spiro atoms. The zero-order valence-corrected chi connectivity index (χ0v) is 16.8. The topological polar surface area (TPSA) is 68.2 Å². The molecule has 1 saturated heterocycles. The van der Waals surface area contributed by atoms with Gasteiger partial charge in [-0.1, -0.05) is 30.3 Å². The van der Waals surface area contributed by atoms with Gasteiger partial charge in [-0.05, 0) is 32.8 Å². The number of amides is 1. The predicted octanol–water partition coefficient (Wildman–Crippen LogP) is 3.90. The van der Waals surface area contributed by atoms with E-state index in [0.717, 1.165) is 35.5 Å². The van der Waals surface area contributed by atoms with Crippen molar-refractivity contribution in [1.29, 1.82) is 0 Å². The number of hydrogen-bond acceptors (Lipinski definition) is 6. The first-order valence-electron chi connectivity index (χ1n) is 9.37. The number of benzene rings is 1. The Kier molecular flexibility index (Phi) is 5.34. The van der Waals surface area contributed by atoms with E-state index in [1.165, 1.54) is 11.3 Å². The minimum absolute atomic E-state index is 0.0400. The molecule has 3 heterocycles. The van der Waals surface area contributed by atoms with Gasteiger partial charge in [0.05, 0.1) is 12.2 Å². The van der Waals surface area contributed by atoms with Crippen LogP contribution in [-0.4, -0.2) is 45.0 Å². The van der Waals surface area contributed by atoms with E-state index in [4.69, 9.17) is 4.74 Å². The van der Waals surface area contributed by atoms with Gasteiger partial charge >= 0.3 is 6.01 Å². The monoisotopic (exact) mass is 394 g/mol. The second-order valence-corrected chi connectivity index (χ2v) is 7.83. The molecule has 0 radical (unpaired) electrons. The molecule has 1 aliphatic heterocycles. The van der Waals surface area contributed by atoms with E-state index in [2.05, 4.69) is 15.0 Å². The van der Waals surface area contributed by atoms with E-state index >= 15 is 0 Å². The van der Waals surface area contributed by atoms with Crippen LogP contribution in [-0.2, 0) is 0 Å². The van der Waals surface area contributed by atoms with Crippen molar-refractivity contribution in [3.63, 3.8) is 0 Å². The van der Waals surface area contributed by atoms with Crippen LogP contribution in [0.5, 0.6) is 6.01 Å². The fraction of sp³-hybridized carbons (Fsp3) is 0.333. The van der Waals surface area contributed by atoms with E-state index in [1.54, 1.807) is 0 Å². The standard InChI is InChI=1S/C21H22N4O2S/c1-14-11-15(2)23-21(22-14)27-17-9-6-10-25(12-17)20(26)19-24-18(13-28-19)16-7-4-3-5-8-16/h3-5,7-8,11,13,17H,6,9-10,12H2,1-2H3. The van der Waals surface area contributed by atoms with Gasteiger partial charge in [-0.25, -0.2) is 15.0 Å². The third kappa shape index (κ3) is 4.20. The molecule has 3 aromatic rings. The van der Waals surface area contributed by atoms with Crippen LogP contribution in [0.4, 0.5) is 0 Å². The molecule has 0 N–H and O–H groups in total. The molecular weight excluding hydrogens is 372 g/mol. The highest BCUT2D eigenvalue weighted by atomic mass is 32.1. The second-order valence-electron chi connectivity index (χ2n) is 6.97. The van der Waals surface area contributed by atoms with Gasteiger partial charge < -0.3 is 9.64 Å². The molecule has 4 rings (SSSR count). The summed E-state index contributed by atoms with van der Waals surface area (Å²) in [5.74, 6) is -0.0400. The van der Waals surface area contributed by atoms with Crippen molar-refractivity contribution in [2.24, 2.45) is 0 Å². The zero-order chi connectivity index (χ0) is 19.5. The number of carbonyl (C=O) groups is 1. The molecule has 6 nitrogen and oxygen atoms in total. The summed E-state index contributed by atoms with van der Waals surface area (Å²) in [5.41, 5.74) is 3.61. The summed E-state index contributed by atoms with van der Waals surface area (Å²) in [5, 5.41) is 2.45. The Labute approximate surface area is 168 Å². The van der Waals surface area contributed by atoms with E-state index in [0.29, 0.717) is 24.1 Å². The maximum absolute atomic E-state index is 12.9. The molecule has 1 fully saturated rings. The highest BCUT2D eigenvalue weighted by Crippen LogP contribution is 2.24. The predicted molar refractivity (Wildman–Crippen MR) is 109 cm³/mol. The number of aryl methyl sites for hydroxylation is 2.